The molecule has 1 aromatic heterocycles. The van der Waals surface area contributed by atoms with Crippen molar-refractivity contribution < 1.29 is 14.3 Å². The van der Waals surface area contributed by atoms with Gasteiger partial charge >= 0.3 is 6.01 Å². The highest BCUT2D eigenvalue weighted by Crippen LogP contribution is 2.37. The average Bonchev–Trinajstić information content (AvgIpc) is 2.88. The zero-order valence-corrected chi connectivity index (χ0v) is 20.8. The van der Waals surface area contributed by atoms with Crippen molar-refractivity contribution in [3.63, 3.8) is 0 Å². The minimum absolute atomic E-state index is 0.227. The lowest BCUT2D eigenvalue weighted by Crippen LogP contribution is -2.43. The van der Waals surface area contributed by atoms with Gasteiger partial charge in [0.25, 0.3) is 0 Å². The third-order valence-electron chi connectivity index (χ3n) is 6.71. The molecule has 0 saturated heterocycles. The largest absolute Gasteiger partial charge is 0.479 e. The number of nitrogens with zero attached hydrogens (tertiary/aromatic N) is 3. The van der Waals surface area contributed by atoms with Crippen LogP contribution in [0.1, 0.15) is 63.0 Å². The zero-order valence-electron chi connectivity index (χ0n) is 20.0. The summed E-state index contributed by atoms with van der Waals surface area (Å²) in [6, 6.07) is 12.7. The summed E-state index contributed by atoms with van der Waals surface area (Å²) < 4.78 is 13.8. The van der Waals surface area contributed by atoms with Crippen LogP contribution in [-0.2, 0) is 11.3 Å². The first-order valence-corrected chi connectivity index (χ1v) is 12.4. The van der Waals surface area contributed by atoms with Crippen molar-refractivity contribution in [1.29, 1.82) is 0 Å². The van der Waals surface area contributed by atoms with Gasteiger partial charge in [-0.3, -0.25) is 4.79 Å². The molecule has 8 heteroatoms. The van der Waals surface area contributed by atoms with Gasteiger partial charge in [0.15, 0.2) is 11.6 Å². The Morgan fingerprint density at radius 3 is 2.54 bits per heavy atom. The second-order valence-corrected chi connectivity index (χ2v) is 9.94. The van der Waals surface area contributed by atoms with Gasteiger partial charge in [-0.15, -0.1) is 0 Å². The van der Waals surface area contributed by atoms with Crippen LogP contribution in [0.3, 0.4) is 0 Å². The van der Waals surface area contributed by atoms with Gasteiger partial charge < -0.3 is 10.4 Å². The minimum Gasteiger partial charge on any atom is -0.479 e. The van der Waals surface area contributed by atoms with Gasteiger partial charge in [-0.1, -0.05) is 69.0 Å². The lowest BCUT2D eigenvalue weighted by molar-refractivity contribution is -0.134. The second-order valence-electron chi connectivity index (χ2n) is 9.53. The number of hydrogen-bond acceptors (Lipinski definition) is 5. The molecule has 184 valence electrons. The highest BCUT2D eigenvalue weighted by atomic mass is 35.5. The Kier molecular flexibility index (Phi) is 7.65. The summed E-state index contributed by atoms with van der Waals surface area (Å²) in [5.74, 6) is 0.651. The predicted molar refractivity (Wildman–Crippen MR) is 135 cm³/mol. The number of hydrogen-bond donors (Lipinski definition) is 2. The van der Waals surface area contributed by atoms with Crippen LogP contribution in [0.2, 0.25) is 5.02 Å². The molecule has 1 aliphatic carbocycles. The van der Waals surface area contributed by atoms with Gasteiger partial charge in [0.2, 0.25) is 5.91 Å². The third-order valence-corrected chi connectivity index (χ3v) is 7.04. The van der Waals surface area contributed by atoms with E-state index in [-0.39, 0.29) is 18.3 Å². The predicted octanol–water partition coefficient (Wildman–Crippen LogP) is 6.22. The minimum atomic E-state index is -0.924. The maximum Gasteiger partial charge on any atom is 0.318 e. The number of aromatic hydroxyl groups is 1. The maximum atomic E-state index is 13.8. The van der Waals surface area contributed by atoms with Gasteiger partial charge in [-0.2, -0.15) is 9.97 Å². The molecular weight excluding hydrogens is 467 g/mol. The summed E-state index contributed by atoms with van der Waals surface area (Å²) in [5.41, 5.74) is 2.25. The van der Waals surface area contributed by atoms with Crippen molar-refractivity contribution in [2.45, 2.75) is 58.4 Å². The molecule has 1 aliphatic rings. The van der Waals surface area contributed by atoms with E-state index in [2.05, 4.69) is 34.1 Å². The van der Waals surface area contributed by atoms with Crippen LogP contribution in [0.15, 0.2) is 42.5 Å². The van der Waals surface area contributed by atoms with Gasteiger partial charge in [-0.25, -0.2) is 9.37 Å². The highest BCUT2D eigenvalue weighted by Gasteiger charge is 2.39. The van der Waals surface area contributed by atoms with E-state index in [1.54, 1.807) is 18.2 Å². The molecule has 35 heavy (non-hydrogen) atoms. The van der Waals surface area contributed by atoms with E-state index in [1.165, 1.54) is 0 Å². The van der Waals surface area contributed by atoms with Crippen LogP contribution < -0.4 is 5.32 Å². The Morgan fingerprint density at radius 2 is 1.83 bits per heavy atom. The molecule has 6 nitrogen and oxygen atoms in total. The van der Waals surface area contributed by atoms with E-state index in [0.717, 1.165) is 36.0 Å². The number of rotatable bonds is 7. The zero-order chi connectivity index (χ0) is 25.0. The molecule has 1 amide bonds. The monoisotopic (exact) mass is 496 g/mol. The molecule has 3 aromatic rings. The molecule has 0 unspecified atom stereocenters. The van der Waals surface area contributed by atoms with Crippen molar-refractivity contribution in [1.82, 2.24) is 20.3 Å². The fraction of sp³-hybridized carbons (Fsp3) is 0.407. The molecule has 0 aliphatic heterocycles. The van der Waals surface area contributed by atoms with E-state index in [4.69, 9.17) is 11.6 Å². The number of alkyl halides is 1. The maximum absolute atomic E-state index is 13.8. The third kappa shape index (κ3) is 5.61. The van der Waals surface area contributed by atoms with Crippen LogP contribution in [-0.4, -0.2) is 32.6 Å². The smallest absolute Gasteiger partial charge is 0.318 e. The Morgan fingerprint density at radius 1 is 1.09 bits per heavy atom. The molecular formula is C27H30ClFN4O2. The van der Waals surface area contributed by atoms with Gasteiger partial charge in [0.1, 0.15) is 6.67 Å². The van der Waals surface area contributed by atoms with Gasteiger partial charge in [0.05, 0.1) is 10.4 Å². The fourth-order valence-corrected chi connectivity index (χ4v) is 4.73. The highest BCUT2D eigenvalue weighted by molar-refractivity contribution is 6.33. The van der Waals surface area contributed by atoms with E-state index in [1.807, 2.05) is 24.3 Å². The number of carbonyl (C=O) groups is 1. The van der Waals surface area contributed by atoms with Gasteiger partial charge in [-0.05, 0) is 48.1 Å². The summed E-state index contributed by atoms with van der Waals surface area (Å²) >= 11 is 6.46. The number of amides is 1. The Bertz CT molecular complexity index is 1210. The number of nitrogens with one attached hydrogen (secondary N) is 1. The molecule has 0 radical (unpaired) electrons. The summed E-state index contributed by atoms with van der Waals surface area (Å²) in [4.78, 5) is 25.6. The van der Waals surface area contributed by atoms with Crippen molar-refractivity contribution in [2.75, 3.05) is 6.67 Å². The lowest BCUT2D eigenvalue weighted by atomic mass is 9.74. The van der Waals surface area contributed by atoms with E-state index < -0.39 is 18.1 Å². The molecule has 1 fully saturated rings. The van der Waals surface area contributed by atoms with E-state index in [9.17, 15) is 14.3 Å². The van der Waals surface area contributed by atoms with E-state index >= 15 is 0 Å². The molecule has 1 heterocycles. The van der Waals surface area contributed by atoms with Gasteiger partial charge in [0, 0.05) is 17.7 Å². The first-order chi connectivity index (χ1) is 16.8. The fourth-order valence-electron chi connectivity index (χ4n) is 4.52. The lowest BCUT2D eigenvalue weighted by Gasteiger charge is -2.33. The molecule has 2 N–H and O–H groups in total. The molecule has 0 spiro atoms. The standard InChI is InChI=1S/C27H30ClFN4O2/c1-17(2)19-7-6-8-20(14-19)23-31-24(33-26(35)32-23)21-13-18(9-10-22(21)28)15-30-25(34)27(16-29)11-4-3-5-12-27/h6-10,13-14,17H,3-5,11-12,15-16H2,1-2H3,(H,30,34)(H,31,32,33,35). The van der Waals surface area contributed by atoms with Crippen molar-refractivity contribution in [3.8, 4) is 28.8 Å². The van der Waals surface area contributed by atoms with Crippen molar-refractivity contribution in [3.05, 3.63) is 58.6 Å². The summed E-state index contributed by atoms with van der Waals surface area (Å²) in [5, 5.41) is 13.5. The number of benzene rings is 2. The SMILES string of the molecule is CC(C)c1cccc(-c2nc(O)nc(-c3cc(CNC(=O)C4(CF)CCCCC4)ccc3Cl)n2)c1. The quantitative estimate of drug-likeness (QED) is 0.405. The van der Waals surface area contributed by atoms with E-state index in [0.29, 0.717) is 35.2 Å². The summed E-state index contributed by atoms with van der Waals surface area (Å²) in [6.07, 6.45) is 3.93. The Balaban J connectivity index is 1.59. The normalized spacial score (nSPS) is 15.2. The molecule has 4 rings (SSSR count). The van der Waals surface area contributed by atoms with Crippen LogP contribution in [0.5, 0.6) is 6.01 Å². The number of aromatic nitrogens is 3. The van der Waals surface area contributed by atoms with Crippen molar-refractivity contribution >= 4 is 17.5 Å². The first kappa shape index (κ1) is 25.0. The average molecular weight is 497 g/mol. The molecule has 2 aromatic carbocycles. The molecule has 1 saturated carbocycles. The second kappa shape index (κ2) is 10.7. The first-order valence-electron chi connectivity index (χ1n) is 12.0. The van der Waals surface area contributed by atoms with Crippen LogP contribution in [0.4, 0.5) is 4.39 Å². The summed E-state index contributed by atoms with van der Waals surface area (Å²) in [6.45, 7) is 3.78. The Hall–Kier alpha value is -3.06. The van der Waals surface area contributed by atoms with Crippen molar-refractivity contribution in [2.24, 2.45) is 5.41 Å². The Labute approximate surface area is 210 Å². The van der Waals surface area contributed by atoms with Crippen LogP contribution >= 0.6 is 11.6 Å². The summed E-state index contributed by atoms with van der Waals surface area (Å²) in [7, 11) is 0. The van der Waals surface area contributed by atoms with Crippen LogP contribution in [0.25, 0.3) is 22.8 Å². The van der Waals surface area contributed by atoms with Crippen LogP contribution in [0, 0.1) is 5.41 Å². The molecule has 0 atom stereocenters. The molecule has 0 bridgehead atoms. The topological polar surface area (TPSA) is 88.0 Å². The number of halogens is 2. The number of carbonyl (C=O) groups excluding carboxylic acids is 1.